The first kappa shape index (κ1) is 27.1. The first-order valence-corrected chi connectivity index (χ1v) is 20.2. The van der Waals surface area contributed by atoms with Crippen LogP contribution in [-0.2, 0) is 20.8 Å². The molecule has 2 aromatic carbocycles. The summed E-state index contributed by atoms with van der Waals surface area (Å²) >= 11 is -0.826. The zero-order valence-electron chi connectivity index (χ0n) is 20.5. The molecule has 0 heterocycles. The van der Waals surface area contributed by atoms with Crippen LogP contribution in [0.4, 0.5) is 0 Å². The molecule has 1 atom stereocenters. The molecular weight excluding hydrogens is 515 g/mol. The van der Waals surface area contributed by atoms with E-state index in [0.717, 1.165) is 0 Å². The van der Waals surface area contributed by atoms with Crippen LogP contribution in [-0.4, -0.2) is 8.80 Å². The van der Waals surface area contributed by atoms with E-state index in [4.69, 9.17) is 17.0 Å². The van der Waals surface area contributed by atoms with Gasteiger partial charge in [0, 0.05) is 0 Å². The van der Waals surface area contributed by atoms with Crippen molar-refractivity contribution in [3.05, 3.63) is 63.7 Å². The Morgan fingerprint density at radius 1 is 0.774 bits per heavy atom. The quantitative estimate of drug-likeness (QED) is 0.324. The van der Waals surface area contributed by atoms with Gasteiger partial charge in [0.15, 0.2) is 0 Å². The van der Waals surface area contributed by atoms with Crippen LogP contribution in [0.15, 0.2) is 35.9 Å². The summed E-state index contributed by atoms with van der Waals surface area (Å²) in [5, 5.41) is 0. The predicted octanol–water partition coefficient (Wildman–Crippen LogP) is 9.89. The Morgan fingerprint density at radius 3 is 1.65 bits per heavy atom. The van der Waals surface area contributed by atoms with E-state index in [0.29, 0.717) is 23.3 Å². The van der Waals surface area contributed by atoms with Gasteiger partial charge in [0.1, 0.15) is 0 Å². The molecule has 0 saturated heterocycles. The molecule has 167 valence electrons. The summed E-state index contributed by atoms with van der Waals surface area (Å²) in [5.41, 5.74) is 12.5. The minimum absolute atomic E-state index is 0.423. The molecule has 1 aliphatic rings. The topological polar surface area (TPSA) is 0 Å². The molecule has 31 heavy (non-hydrogen) atoms. The van der Waals surface area contributed by atoms with Crippen LogP contribution in [0.3, 0.4) is 0 Å². The molecule has 2 aromatic rings. The average molecular weight is 552 g/mol. The van der Waals surface area contributed by atoms with Gasteiger partial charge >= 0.3 is 37.9 Å². The van der Waals surface area contributed by atoms with Gasteiger partial charge in [-0.25, -0.2) is 0 Å². The fourth-order valence-corrected chi connectivity index (χ4v) is 6.35. The number of benzene rings is 2. The molecule has 1 radical (unpaired) electrons. The van der Waals surface area contributed by atoms with E-state index in [-0.39, 0.29) is 0 Å². The number of hydrogen-bond acceptors (Lipinski definition) is 0. The maximum atomic E-state index is 4.93. The second kappa shape index (κ2) is 11.8. The molecule has 0 nitrogen and oxygen atoms in total. The second-order valence-electron chi connectivity index (χ2n) is 9.89. The Morgan fingerprint density at radius 2 is 1.23 bits per heavy atom. The van der Waals surface area contributed by atoms with Crippen molar-refractivity contribution in [2.24, 2.45) is 0 Å². The van der Waals surface area contributed by atoms with Gasteiger partial charge in [0.25, 0.3) is 0 Å². The summed E-state index contributed by atoms with van der Waals surface area (Å²) in [5.74, 6) is 1.64. The summed E-state index contributed by atoms with van der Waals surface area (Å²) in [6.45, 7) is 21.1. The average Bonchev–Trinajstić information content (AvgIpc) is 3.03. The normalized spacial score (nSPS) is 15.3. The molecule has 0 N–H and O–H groups in total. The van der Waals surface area contributed by atoms with Gasteiger partial charge in [-0.3, -0.25) is 0 Å². The van der Waals surface area contributed by atoms with Crippen molar-refractivity contribution in [3.63, 3.8) is 0 Å². The molecule has 0 aliphatic heterocycles. The van der Waals surface area contributed by atoms with Gasteiger partial charge in [0.2, 0.25) is 0 Å². The van der Waals surface area contributed by atoms with Crippen LogP contribution in [0.2, 0.25) is 13.1 Å². The van der Waals surface area contributed by atoms with Crippen LogP contribution in [0.1, 0.15) is 99.6 Å². The van der Waals surface area contributed by atoms with Crippen LogP contribution >= 0.6 is 17.0 Å². The molecule has 0 aromatic heterocycles. The molecule has 1 unspecified atom stereocenters. The van der Waals surface area contributed by atoms with Crippen molar-refractivity contribution in [3.8, 4) is 11.1 Å². The van der Waals surface area contributed by atoms with Crippen molar-refractivity contribution in [1.82, 2.24) is 0 Å². The van der Waals surface area contributed by atoms with Gasteiger partial charge in [0.05, 0.1) is 8.80 Å². The Hall–Kier alpha value is -0.140. The Kier molecular flexibility index (Phi) is 10.3. The Balaban J connectivity index is 0.00000107. The van der Waals surface area contributed by atoms with Gasteiger partial charge in [-0.05, 0) is 69.2 Å². The van der Waals surface area contributed by atoms with Crippen molar-refractivity contribution >= 4 is 31.9 Å². The molecule has 4 heteroatoms. The fourth-order valence-electron chi connectivity index (χ4n) is 4.49. The van der Waals surface area contributed by atoms with Gasteiger partial charge in [-0.1, -0.05) is 96.6 Å². The monoisotopic (exact) mass is 549 g/mol. The number of halogens is 2. The second-order valence-corrected chi connectivity index (χ2v) is 16.4. The first-order valence-electron chi connectivity index (χ1n) is 11.3. The van der Waals surface area contributed by atoms with Crippen molar-refractivity contribution in [1.29, 1.82) is 0 Å². The predicted molar refractivity (Wildman–Crippen MR) is 140 cm³/mol. The van der Waals surface area contributed by atoms with Crippen LogP contribution in [0.25, 0.3) is 17.2 Å². The molecule has 0 spiro atoms. The van der Waals surface area contributed by atoms with E-state index in [2.05, 4.69) is 98.0 Å². The zero-order chi connectivity index (χ0) is 23.5. The Bertz CT molecular complexity index is 903. The molecule has 3 rings (SSSR count). The van der Waals surface area contributed by atoms with E-state index in [1.165, 1.54) is 33.4 Å². The summed E-state index contributed by atoms with van der Waals surface area (Å²) in [6, 6.07) is 12.3. The Labute approximate surface area is 211 Å². The van der Waals surface area contributed by atoms with Crippen molar-refractivity contribution < 1.29 is 20.8 Å². The molecule has 1 aliphatic carbocycles. The standard InChI is InChI=1S/C27H37Si.2ClH.Zr/c1-16(2)20-11-21(17(3)4)13-23(12-20)24-14-22(18(5)6)15-26-25(24)10-19(7)27(26)28(8)9;;;/h10-18,27H,1-9H3;2*1H;/q;;;+2/p-2. The van der Waals surface area contributed by atoms with Crippen molar-refractivity contribution in [2.45, 2.75) is 84.9 Å². The van der Waals surface area contributed by atoms with Crippen LogP contribution in [0.5, 0.6) is 0 Å². The van der Waals surface area contributed by atoms with E-state index in [1.807, 2.05) is 0 Å². The third kappa shape index (κ3) is 6.47. The van der Waals surface area contributed by atoms with E-state index in [9.17, 15) is 0 Å². The van der Waals surface area contributed by atoms with Crippen molar-refractivity contribution in [2.75, 3.05) is 0 Å². The molecule has 0 bridgehead atoms. The van der Waals surface area contributed by atoms with E-state index >= 15 is 0 Å². The number of hydrogen-bond donors (Lipinski definition) is 0. The van der Waals surface area contributed by atoms with Gasteiger partial charge in [-0.15, -0.1) is 0 Å². The maximum absolute atomic E-state index is 4.93. The SMILES string of the molecule is CC1=Cc2c(-c3cc(C(C)C)cc(C(C)C)c3)cc(C(C)C)cc2C1[Si](C)C.[Cl][Zr][Cl]. The first-order chi connectivity index (χ1) is 14.5. The summed E-state index contributed by atoms with van der Waals surface area (Å²) < 4.78 is 0. The zero-order valence-corrected chi connectivity index (χ0v) is 25.5. The third-order valence-electron chi connectivity index (χ3n) is 6.24. The summed E-state index contributed by atoms with van der Waals surface area (Å²) in [6.07, 6.45) is 2.48. The minimum atomic E-state index is -0.826. The van der Waals surface area contributed by atoms with E-state index < -0.39 is 29.6 Å². The number of rotatable bonds is 5. The van der Waals surface area contributed by atoms with Crippen LogP contribution in [0, 0.1) is 0 Å². The van der Waals surface area contributed by atoms with Gasteiger partial charge in [-0.2, -0.15) is 0 Å². The van der Waals surface area contributed by atoms with Crippen LogP contribution < -0.4 is 0 Å². The fraction of sp³-hybridized carbons (Fsp3) is 0.481. The summed E-state index contributed by atoms with van der Waals surface area (Å²) in [4.78, 5) is 0. The number of fused-ring (bicyclic) bond motifs is 1. The third-order valence-corrected chi connectivity index (χ3v) is 8.16. The number of allylic oxidation sites excluding steroid dienone is 1. The molecular formula is C27H37Cl2SiZr. The molecule has 0 saturated carbocycles. The molecule has 0 amide bonds. The van der Waals surface area contributed by atoms with Gasteiger partial charge < -0.3 is 0 Å². The van der Waals surface area contributed by atoms with E-state index in [1.54, 1.807) is 11.1 Å². The molecule has 0 fully saturated rings. The summed E-state index contributed by atoms with van der Waals surface area (Å²) in [7, 11) is 9.44.